The van der Waals surface area contributed by atoms with Crippen LogP contribution in [0.3, 0.4) is 0 Å². The molecule has 2 aromatic rings. The van der Waals surface area contributed by atoms with E-state index in [1.807, 2.05) is 30.3 Å². The van der Waals surface area contributed by atoms with Crippen molar-refractivity contribution in [2.24, 2.45) is 5.92 Å². The number of aromatic nitrogens is 4. The fourth-order valence-corrected chi connectivity index (χ4v) is 2.64. The van der Waals surface area contributed by atoms with Crippen molar-refractivity contribution in [3.8, 4) is 5.69 Å². The molecule has 1 aliphatic rings. The van der Waals surface area contributed by atoms with Crippen molar-refractivity contribution < 1.29 is 0 Å². The van der Waals surface area contributed by atoms with Crippen LogP contribution in [0, 0.1) is 5.92 Å². The lowest BCUT2D eigenvalue weighted by Gasteiger charge is -2.14. The van der Waals surface area contributed by atoms with Gasteiger partial charge in [-0.25, -0.2) is 0 Å². The molecular weight excluding hydrogens is 252 g/mol. The Kier molecular flexibility index (Phi) is 3.92. The molecule has 1 aliphatic heterocycles. The number of para-hydroxylation sites is 1. The van der Waals surface area contributed by atoms with Gasteiger partial charge in [0.25, 0.3) is 0 Å². The van der Waals surface area contributed by atoms with E-state index in [1.54, 1.807) is 4.68 Å². The molecule has 2 heterocycles. The average Bonchev–Trinajstić information content (AvgIpc) is 3.15. The Balaban J connectivity index is 1.63. The van der Waals surface area contributed by atoms with Crippen LogP contribution in [0.1, 0.15) is 13.3 Å². The zero-order valence-electron chi connectivity index (χ0n) is 11.7. The Morgan fingerprint density at radius 1 is 1.30 bits per heavy atom. The molecule has 6 heteroatoms. The van der Waals surface area contributed by atoms with Crippen molar-refractivity contribution in [2.45, 2.75) is 13.3 Å². The fraction of sp³-hybridized carbons (Fsp3) is 0.500. The maximum atomic E-state index is 4.07. The number of hydrogen-bond donors (Lipinski definition) is 1. The zero-order valence-corrected chi connectivity index (χ0v) is 11.7. The standard InChI is InChI=1S/C14H20N6/c1-2-19-9-8-12(11-19)10-15-14-16-17-18-20(14)13-6-4-3-5-7-13/h3-7,12H,2,8-11H2,1H3,(H,15,16,18). The molecule has 1 N–H and O–H groups in total. The van der Waals surface area contributed by atoms with Crippen molar-refractivity contribution in [3.63, 3.8) is 0 Å². The van der Waals surface area contributed by atoms with Gasteiger partial charge in [0, 0.05) is 13.1 Å². The topological polar surface area (TPSA) is 58.9 Å². The molecule has 0 saturated carbocycles. The third kappa shape index (κ3) is 2.80. The number of nitrogens with one attached hydrogen (secondary N) is 1. The van der Waals surface area contributed by atoms with Gasteiger partial charge < -0.3 is 10.2 Å². The number of tetrazole rings is 1. The van der Waals surface area contributed by atoms with E-state index in [2.05, 4.69) is 32.7 Å². The number of hydrogen-bond acceptors (Lipinski definition) is 5. The van der Waals surface area contributed by atoms with Crippen molar-refractivity contribution >= 4 is 5.95 Å². The van der Waals surface area contributed by atoms with Gasteiger partial charge in [0.05, 0.1) is 5.69 Å². The third-order valence-corrected chi connectivity index (χ3v) is 3.84. The van der Waals surface area contributed by atoms with Gasteiger partial charge in [0.15, 0.2) is 0 Å². The minimum Gasteiger partial charge on any atom is -0.352 e. The summed E-state index contributed by atoms with van der Waals surface area (Å²) in [4.78, 5) is 2.48. The third-order valence-electron chi connectivity index (χ3n) is 3.84. The van der Waals surface area contributed by atoms with Crippen LogP contribution in [0.5, 0.6) is 0 Å². The van der Waals surface area contributed by atoms with E-state index in [0.29, 0.717) is 11.9 Å². The lowest BCUT2D eigenvalue weighted by molar-refractivity contribution is 0.345. The molecule has 1 atom stereocenters. The summed E-state index contributed by atoms with van der Waals surface area (Å²) < 4.78 is 1.74. The molecule has 20 heavy (non-hydrogen) atoms. The summed E-state index contributed by atoms with van der Waals surface area (Å²) in [7, 11) is 0. The van der Waals surface area contributed by atoms with Crippen molar-refractivity contribution in [1.82, 2.24) is 25.1 Å². The maximum Gasteiger partial charge on any atom is 0.247 e. The van der Waals surface area contributed by atoms with E-state index < -0.39 is 0 Å². The Morgan fingerprint density at radius 3 is 2.90 bits per heavy atom. The second-order valence-corrected chi connectivity index (χ2v) is 5.18. The second-order valence-electron chi connectivity index (χ2n) is 5.18. The first-order chi connectivity index (χ1) is 9.86. The molecule has 1 saturated heterocycles. The molecule has 1 aromatic carbocycles. The monoisotopic (exact) mass is 272 g/mol. The molecule has 1 unspecified atom stereocenters. The Morgan fingerprint density at radius 2 is 2.15 bits per heavy atom. The number of rotatable bonds is 5. The first-order valence-electron chi connectivity index (χ1n) is 7.17. The average molecular weight is 272 g/mol. The second kappa shape index (κ2) is 6.00. The SMILES string of the molecule is CCN1CCC(CNc2nnnn2-c2ccccc2)C1. The van der Waals surface area contributed by atoms with Crippen LogP contribution in [-0.2, 0) is 0 Å². The lowest BCUT2D eigenvalue weighted by atomic mass is 10.1. The molecule has 0 amide bonds. The van der Waals surface area contributed by atoms with Gasteiger partial charge in [0.1, 0.15) is 0 Å². The van der Waals surface area contributed by atoms with Gasteiger partial charge in [-0.1, -0.05) is 30.2 Å². The minimum atomic E-state index is 0.677. The van der Waals surface area contributed by atoms with Gasteiger partial charge in [-0.15, -0.1) is 0 Å². The first kappa shape index (κ1) is 13.1. The Hall–Kier alpha value is -1.95. The van der Waals surface area contributed by atoms with E-state index >= 15 is 0 Å². The van der Waals surface area contributed by atoms with Gasteiger partial charge in [0.2, 0.25) is 5.95 Å². The van der Waals surface area contributed by atoms with Crippen molar-refractivity contribution in [1.29, 1.82) is 0 Å². The molecule has 1 aromatic heterocycles. The minimum absolute atomic E-state index is 0.677. The van der Waals surface area contributed by atoms with Crippen LogP contribution in [0.2, 0.25) is 0 Å². The molecule has 0 radical (unpaired) electrons. The molecule has 0 aliphatic carbocycles. The van der Waals surface area contributed by atoms with Crippen LogP contribution in [0.4, 0.5) is 5.95 Å². The number of likely N-dealkylation sites (tertiary alicyclic amines) is 1. The van der Waals surface area contributed by atoms with E-state index in [0.717, 1.165) is 25.3 Å². The van der Waals surface area contributed by atoms with Gasteiger partial charge in [-0.2, -0.15) is 4.68 Å². The number of anilines is 1. The van der Waals surface area contributed by atoms with E-state index in [9.17, 15) is 0 Å². The van der Waals surface area contributed by atoms with Gasteiger partial charge in [-0.05, 0) is 48.0 Å². The highest BCUT2D eigenvalue weighted by molar-refractivity contribution is 5.38. The van der Waals surface area contributed by atoms with Crippen LogP contribution >= 0.6 is 0 Å². The predicted molar refractivity (Wildman–Crippen MR) is 77.9 cm³/mol. The van der Waals surface area contributed by atoms with E-state index in [1.165, 1.54) is 13.0 Å². The highest BCUT2D eigenvalue weighted by Crippen LogP contribution is 2.17. The molecule has 0 spiro atoms. The number of nitrogens with zero attached hydrogens (tertiary/aromatic N) is 5. The summed E-state index contributed by atoms with van der Waals surface area (Å²) in [5.41, 5.74) is 0.974. The molecule has 106 valence electrons. The largest absolute Gasteiger partial charge is 0.352 e. The van der Waals surface area contributed by atoms with Crippen LogP contribution in [0.25, 0.3) is 5.69 Å². The summed E-state index contributed by atoms with van der Waals surface area (Å²) in [5, 5.41) is 15.3. The Bertz CT molecular complexity index is 538. The van der Waals surface area contributed by atoms with Gasteiger partial charge in [-0.3, -0.25) is 0 Å². The highest BCUT2D eigenvalue weighted by atomic mass is 15.6. The summed E-state index contributed by atoms with van der Waals surface area (Å²) >= 11 is 0. The van der Waals surface area contributed by atoms with E-state index in [-0.39, 0.29) is 0 Å². The normalized spacial score (nSPS) is 19.4. The summed E-state index contributed by atoms with van der Waals surface area (Å²) in [5.74, 6) is 1.39. The number of benzene rings is 1. The summed E-state index contributed by atoms with van der Waals surface area (Å²) in [6, 6.07) is 9.94. The summed E-state index contributed by atoms with van der Waals surface area (Å²) in [6.07, 6.45) is 1.24. The smallest absolute Gasteiger partial charge is 0.247 e. The zero-order chi connectivity index (χ0) is 13.8. The predicted octanol–water partition coefficient (Wildman–Crippen LogP) is 1.42. The summed E-state index contributed by atoms with van der Waals surface area (Å²) in [6.45, 7) is 6.64. The van der Waals surface area contributed by atoms with E-state index in [4.69, 9.17) is 0 Å². The molecule has 3 rings (SSSR count). The maximum absolute atomic E-state index is 4.07. The molecule has 6 nitrogen and oxygen atoms in total. The van der Waals surface area contributed by atoms with Crippen LogP contribution in [-0.4, -0.2) is 51.3 Å². The first-order valence-corrected chi connectivity index (χ1v) is 7.17. The Labute approximate surface area is 118 Å². The fourth-order valence-electron chi connectivity index (χ4n) is 2.64. The molecular formula is C14H20N6. The van der Waals surface area contributed by atoms with Crippen LogP contribution in [0.15, 0.2) is 30.3 Å². The molecule has 1 fully saturated rings. The van der Waals surface area contributed by atoms with Gasteiger partial charge >= 0.3 is 0 Å². The van der Waals surface area contributed by atoms with Crippen molar-refractivity contribution in [3.05, 3.63) is 30.3 Å². The van der Waals surface area contributed by atoms with Crippen molar-refractivity contribution in [2.75, 3.05) is 31.5 Å². The molecule has 0 bridgehead atoms. The van der Waals surface area contributed by atoms with Crippen LogP contribution < -0.4 is 5.32 Å². The lowest BCUT2D eigenvalue weighted by Crippen LogP contribution is -2.23. The quantitative estimate of drug-likeness (QED) is 0.892. The highest BCUT2D eigenvalue weighted by Gasteiger charge is 2.21.